The van der Waals surface area contributed by atoms with Crippen molar-refractivity contribution in [2.45, 2.75) is 52.4 Å². The average molecular weight is 342 g/mol. The van der Waals surface area contributed by atoms with Gasteiger partial charge < -0.3 is 5.32 Å². The highest BCUT2D eigenvalue weighted by atomic mass is 79.9. The fourth-order valence-corrected chi connectivity index (χ4v) is 2.53. The van der Waals surface area contributed by atoms with Crippen molar-refractivity contribution in [2.24, 2.45) is 0 Å². The lowest BCUT2D eigenvalue weighted by Gasteiger charge is -2.20. The van der Waals surface area contributed by atoms with Crippen LogP contribution in [0.3, 0.4) is 0 Å². The van der Waals surface area contributed by atoms with E-state index in [1.165, 1.54) is 0 Å². The summed E-state index contributed by atoms with van der Waals surface area (Å²) in [5.74, 6) is 0. The van der Waals surface area contributed by atoms with Crippen molar-refractivity contribution in [3.63, 3.8) is 0 Å². The van der Waals surface area contributed by atoms with Crippen molar-refractivity contribution >= 4 is 15.9 Å². The molecule has 1 aromatic rings. The van der Waals surface area contributed by atoms with Gasteiger partial charge in [-0.25, -0.2) is 0 Å². The molecule has 110 valence electrons. The molecule has 0 aliphatic carbocycles. The minimum atomic E-state index is -4.16. The number of nitrogens with zero attached hydrogens (tertiary/aromatic N) is 2. The molecule has 0 fully saturated rings. The molecule has 1 unspecified atom stereocenters. The lowest BCUT2D eigenvalue weighted by atomic mass is 10.1. The summed E-state index contributed by atoms with van der Waals surface area (Å²) >= 11 is 3.41. The van der Waals surface area contributed by atoms with Crippen molar-refractivity contribution in [3.8, 4) is 0 Å². The molecule has 0 spiro atoms. The Morgan fingerprint density at radius 2 is 2.00 bits per heavy atom. The van der Waals surface area contributed by atoms with Crippen LogP contribution in [0.4, 0.5) is 13.2 Å². The summed E-state index contributed by atoms with van der Waals surface area (Å²) in [7, 11) is 0. The zero-order valence-corrected chi connectivity index (χ0v) is 12.9. The summed E-state index contributed by atoms with van der Waals surface area (Å²) in [4.78, 5) is 0. The Bertz CT molecular complexity index is 415. The van der Waals surface area contributed by atoms with Gasteiger partial charge >= 0.3 is 6.18 Å². The molecule has 1 N–H and O–H groups in total. The van der Waals surface area contributed by atoms with Crippen molar-refractivity contribution in [3.05, 3.63) is 15.9 Å². The number of hydrogen-bond donors (Lipinski definition) is 1. The summed E-state index contributed by atoms with van der Waals surface area (Å²) in [6, 6.07) is -0.623. The van der Waals surface area contributed by atoms with E-state index in [9.17, 15) is 13.2 Å². The molecule has 0 radical (unpaired) electrons. The van der Waals surface area contributed by atoms with Gasteiger partial charge in [0.2, 0.25) is 0 Å². The zero-order chi connectivity index (χ0) is 14.6. The Labute approximate surface area is 119 Å². The molecular formula is C12H19BrF3N3. The number of likely N-dealkylation sites (N-methyl/N-ethyl adjacent to an activating group) is 1. The molecule has 0 aromatic carbocycles. The average Bonchev–Trinajstić information content (AvgIpc) is 2.55. The number of aryl methyl sites for hydroxylation is 2. The van der Waals surface area contributed by atoms with E-state index < -0.39 is 18.6 Å². The van der Waals surface area contributed by atoms with Gasteiger partial charge in [0.05, 0.1) is 22.3 Å². The molecule has 0 amide bonds. The lowest BCUT2D eigenvalue weighted by molar-refractivity contribution is -0.139. The maximum absolute atomic E-state index is 12.5. The molecule has 3 nitrogen and oxygen atoms in total. The molecule has 1 aromatic heterocycles. The predicted molar refractivity (Wildman–Crippen MR) is 72.2 cm³/mol. The second-order valence-corrected chi connectivity index (χ2v) is 5.23. The van der Waals surface area contributed by atoms with Crippen LogP contribution in [0.1, 0.15) is 31.7 Å². The summed E-state index contributed by atoms with van der Waals surface area (Å²) in [5, 5.41) is 7.19. The van der Waals surface area contributed by atoms with E-state index in [4.69, 9.17) is 0 Å². The van der Waals surface area contributed by atoms with Crippen LogP contribution in [0, 0.1) is 6.92 Å². The first-order valence-corrected chi connectivity index (χ1v) is 7.09. The van der Waals surface area contributed by atoms with Gasteiger partial charge in [0.15, 0.2) is 0 Å². The van der Waals surface area contributed by atoms with Gasteiger partial charge in [-0.1, -0.05) is 6.92 Å². The molecule has 0 saturated heterocycles. The third kappa shape index (κ3) is 4.80. The number of rotatable bonds is 6. The smallest absolute Gasteiger partial charge is 0.314 e. The Morgan fingerprint density at radius 3 is 2.47 bits per heavy atom. The molecule has 0 bridgehead atoms. The van der Waals surface area contributed by atoms with Gasteiger partial charge in [0.25, 0.3) is 0 Å². The van der Waals surface area contributed by atoms with Crippen LogP contribution in [-0.4, -0.2) is 28.5 Å². The van der Waals surface area contributed by atoms with Crippen molar-refractivity contribution in [2.75, 3.05) is 6.54 Å². The Morgan fingerprint density at radius 1 is 1.37 bits per heavy atom. The van der Waals surface area contributed by atoms with Gasteiger partial charge in [-0.05, 0) is 36.3 Å². The van der Waals surface area contributed by atoms with E-state index in [0.29, 0.717) is 19.5 Å². The first-order chi connectivity index (χ1) is 8.78. The van der Waals surface area contributed by atoms with Crippen LogP contribution >= 0.6 is 15.9 Å². The van der Waals surface area contributed by atoms with E-state index in [-0.39, 0.29) is 0 Å². The highest BCUT2D eigenvalue weighted by molar-refractivity contribution is 9.10. The standard InChI is InChI=1S/C12H19BrF3N3/c1-4-17-9(7-12(14,15)16)6-10-11(13)8(3)18-19(10)5-2/h9,17H,4-7H2,1-3H3. The summed E-state index contributed by atoms with van der Waals surface area (Å²) in [6.45, 7) is 6.73. The largest absolute Gasteiger partial charge is 0.390 e. The normalized spacial score (nSPS) is 13.8. The Balaban J connectivity index is 2.90. The number of halogens is 4. The fraction of sp³-hybridized carbons (Fsp3) is 0.750. The van der Waals surface area contributed by atoms with Gasteiger partial charge in [0.1, 0.15) is 0 Å². The third-order valence-electron chi connectivity index (χ3n) is 2.86. The molecular weight excluding hydrogens is 323 g/mol. The van der Waals surface area contributed by atoms with Crippen molar-refractivity contribution in [1.82, 2.24) is 15.1 Å². The molecule has 7 heteroatoms. The SMILES string of the molecule is CCNC(Cc1c(Br)c(C)nn1CC)CC(F)(F)F. The molecule has 1 heterocycles. The van der Waals surface area contributed by atoms with Crippen LogP contribution < -0.4 is 5.32 Å². The van der Waals surface area contributed by atoms with Gasteiger partial charge in [0, 0.05) is 19.0 Å². The van der Waals surface area contributed by atoms with Crippen LogP contribution in [0.25, 0.3) is 0 Å². The molecule has 19 heavy (non-hydrogen) atoms. The molecule has 0 aliphatic heterocycles. The quantitative estimate of drug-likeness (QED) is 0.858. The molecule has 0 aliphatic rings. The zero-order valence-electron chi connectivity index (χ0n) is 11.3. The van der Waals surface area contributed by atoms with Crippen LogP contribution in [-0.2, 0) is 13.0 Å². The molecule has 1 atom stereocenters. The van der Waals surface area contributed by atoms with Crippen molar-refractivity contribution < 1.29 is 13.2 Å². The third-order valence-corrected chi connectivity index (χ3v) is 3.89. The highest BCUT2D eigenvalue weighted by Crippen LogP contribution is 2.27. The molecule has 1 rings (SSSR count). The summed E-state index contributed by atoms with van der Waals surface area (Å²) in [5.41, 5.74) is 1.62. The van der Waals surface area contributed by atoms with E-state index in [0.717, 1.165) is 15.9 Å². The Hall–Kier alpha value is -0.560. The second-order valence-electron chi connectivity index (χ2n) is 4.44. The van der Waals surface area contributed by atoms with Crippen LogP contribution in [0.5, 0.6) is 0 Å². The second kappa shape index (κ2) is 6.74. The lowest BCUT2D eigenvalue weighted by Crippen LogP contribution is -2.36. The number of nitrogens with one attached hydrogen (secondary N) is 1. The van der Waals surface area contributed by atoms with Gasteiger partial charge in [-0.15, -0.1) is 0 Å². The number of aromatic nitrogens is 2. The first-order valence-electron chi connectivity index (χ1n) is 6.30. The fourth-order valence-electron chi connectivity index (χ4n) is 2.08. The maximum Gasteiger partial charge on any atom is 0.390 e. The molecule has 0 saturated carbocycles. The maximum atomic E-state index is 12.5. The van der Waals surface area contributed by atoms with E-state index >= 15 is 0 Å². The van der Waals surface area contributed by atoms with E-state index in [1.54, 1.807) is 11.6 Å². The van der Waals surface area contributed by atoms with Gasteiger partial charge in [-0.3, -0.25) is 4.68 Å². The van der Waals surface area contributed by atoms with Crippen molar-refractivity contribution in [1.29, 1.82) is 0 Å². The van der Waals surface area contributed by atoms with Gasteiger partial charge in [-0.2, -0.15) is 18.3 Å². The van der Waals surface area contributed by atoms with Crippen LogP contribution in [0.2, 0.25) is 0 Å². The van der Waals surface area contributed by atoms with E-state index in [2.05, 4.69) is 26.3 Å². The number of alkyl halides is 3. The van der Waals surface area contributed by atoms with E-state index in [1.807, 2.05) is 13.8 Å². The number of hydrogen-bond acceptors (Lipinski definition) is 2. The summed E-state index contributed by atoms with van der Waals surface area (Å²) in [6.07, 6.45) is -4.69. The minimum Gasteiger partial charge on any atom is -0.314 e. The summed E-state index contributed by atoms with van der Waals surface area (Å²) < 4.78 is 40.2. The Kier molecular flexibility index (Phi) is 5.85. The monoisotopic (exact) mass is 341 g/mol. The highest BCUT2D eigenvalue weighted by Gasteiger charge is 2.32. The topological polar surface area (TPSA) is 29.9 Å². The minimum absolute atomic E-state index is 0.308. The van der Waals surface area contributed by atoms with Crippen LogP contribution in [0.15, 0.2) is 4.47 Å². The first kappa shape index (κ1) is 16.5. The predicted octanol–water partition coefficient (Wildman–Crippen LogP) is 3.45.